The van der Waals surface area contributed by atoms with Crippen LogP contribution in [-0.4, -0.2) is 29.1 Å². The zero-order valence-electron chi connectivity index (χ0n) is 10.8. The first-order valence-corrected chi connectivity index (χ1v) is 6.13. The van der Waals surface area contributed by atoms with Gasteiger partial charge in [-0.05, 0) is 38.8 Å². The number of carbonyl (C=O) groups excluding carboxylic acids is 1. The summed E-state index contributed by atoms with van der Waals surface area (Å²) in [7, 11) is 0. The van der Waals surface area contributed by atoms with Gasteiger partial charge in [0.05, 0.1) is 5.60 Å². The fraction of sp³-hybridized carbons (Fsp3) is 0.538. The second-order valence-electron chi connectivity index (χ2n) is 5.25. The molecule has 2 heterocycles. The van der Waals surface area contributed by atoms with Gasteiger partial charge in [0.2, 0.25) is 0 Å². The van der Waals surface area contributed by atoms with Gasteiger partial charge in [-0.15, -0.1) is 0 Å². The number of nitrogen functional groups attached to an aromatic ring is 1. The molecule has 1 saturated heterocycles. The molecule has 5 heteroatoms. The minimum absolute atomic E-state index is 0.129. The number of amides is 1. The molecule has 2 rings (SSSR count). The normalized spacial score (nSPS) is 22.4. The number of hydrogen-bond donors (Lipinski definition) is 2. The molecule has 0 radical (unpaired) electrons. The Kier molecular flexibility index (Phi) is 3.52. The minimum atomic E-state index is -0.181. The third-order valence-electron chi connectivity index (χ3n) is 3.05. The Bertz CT molecular complexity index is 446. The van der Waals surface area contributed by atoms with Crippen molar-refractivity contribution in [3.05, 3.63) is 24.0 Å². The first-order valence-electron chi connectivity index (χ1n) is 6.13. The molecule has 1 aliphatic rings. The van der Waals surface area contributed by atoms with Crippen molar-refractivity contribution >= 4 is 11.6 Å². The molecule has 1 fully saturated rings. The van der Waals surface area contributed by atoms with Gasteiger partial charge in [-0.2, -0.15) is 0 Å². The number of nitrogens with one attached hydrogen (secondary N) is 1. The number of nitrogens with two attached hydrogens (primary N) is 1. The summed E-state index contributed by atoms with van der Waals surface area (Å²) in [6.07, 6.45) is 3.18. The molecule has 0 spiro atoms. The molecule has 0 bridgehead atoms. The second kappa shape index (κ2) is 4.94. The van der Waals surface area contributed by atoms with Crippen molar-refractivity contribution in [2.24, 2.45) is 0 Å². The Balaban J connectivity index is 1.99. The quantitative estimate of drug-likeness (QED) is 0.829. The number of nitrogens with zero attached hydrogens (tertiary/aromatic N) is 1. The molecule has 1 amide bonds. The number of anilines is 1. The van der Waals surface area contributed by atoms with Crippen LogP contribution in [0.4, 0.5) is 5.69 Å². The zero-order chi connectivity index (χ0) is 13.2. The van der Waals surface area contributed by atoms with Gasteiger partial charge in [0, 0.05) is 24.5 Å². The smallest absolute Gasteiger partial charge is 0.270 e. The molecule has 1 aromatic heterocycles. The van der Waals surface area contributed by atoms with Crippen LogP contribution in [0.3, 0.4) is 0 Å². The minimum Gasteiger partial charge on any atom is -0.399 e. The van der Waals surface area contributed by atoms with Gasteiger partial charge >= 0.3 is 0 Å². The fourth-order valence-corrected chi connectivity index (χ4v) is 2.19. The summed E-state index contributed by atoms with van der Waals surface area (Å²) in [5.41, 5.74) is 6.36. The summed E-state index contributed by atoms with van der Waals surface area (Å²) < 4.78 is 5.62. The van der Waals surface area contributed by atoms with Crippen LogP contribution < -0.4 is 11.1 Å². The predicted molar refractivity (Wildman–Crippen MR) is 69.2 cm³/mol. The van der Waals surface area contributed by atoms with Crippen molar-refractivity contribution in [3.63, 3.8) is 0 Å². The molecule has 18 heavy (non-hydrogen) atoms. The van der Waals surface area contributed by atoms with Crippen LogP contribution in [0.2, 0.25) is 0 Å². The predicted octanol–water partition coefficient (Wildman–Crippen LogP) is 1.35. The van der Waals surface area contributed by atoms with E-state index in [4.69, 9.17) is 10.5 Å². The van der Waals surface area contributed by atoms with E-state index in [0.29, 0.717) is 18.0 Å². The number of ether oxygens (including phenoxy) is 1. The SMILES string of the molecule is CC1(C)CC(NC(=O)c2cc(N)ccn2)CCO1. The third kappa shape index (κ3) is 3.20. The van der Waals surface area contributed by atoms with Crippen LogP contribution >= 0.6 is 0 Å². The van der Waals surface area contributed by atoms with Crippen LogP contribution in [0.15, 0.2) is 18.3 Å². The Morgan fingerprint density at radius 2 is 2.39 bits per heavy atom. The molecule has 1 aliphatic heterocycles. The summed E-state index contributed by atoms with van der Waals surface area (Å²) in [5.74, 6) is -0.176. The van der Waals surface area contributed by atoms with Crippen molar-refractivity contribution in [3.8, 4) is 0 Å². The highest BCUT2D eigenvalue weighted by Crippen LogP contribution is 2.24. The van der Waals surface area contributed by atoms with Crippen molar-refractivity contribution in [1.82, 2.24) is 10.3 Å². The average Bonchev–Trinajstić information content (AvgIpc) is 2.27. The Hall–Kier alpha value is -1.62. The monoisotopic (exact) mass is 249 g/mol. The number of rotatable bonds is 2. The van der Waals surface area contributed by atoms with Crippen LogP contribution in [0.25, 0.3) is 0 Å². The number of pyridine rings is 1. The highest BCUT2D eigenvalue weighted by molar-refractivity contribution is 5.93. The lowest BCUT2D eigenvalue weighted by Crippen LogP contribution is -2.46. The number of aromatic nitrogens is 1. The van der Waals surface area contributed by atoms with Gasteiger partial charge in [0.1, 0.15) is 5.69 Å². The molecule has 98 valence electrons. The van der Waals surface area contributed by atoms with Gasteiger partial charge in [-0.3, -0.25) is 9.78 Å². The van der Waals surface area contributed by atoms with Crippen LogP contribution in [0.1, 0.15) is 37.2 Å². The molecule has 0 aliphatic carbocycles. The van der Waals surface area contributed by atoms with Crippen molar-refractivity contribution < 1.29 is 9.53 Å². The van der Waals surface area contributed by atoms with Gasteiger partial charge in [0.15, 0.2) is 0 Å². The Morgan fingerprint density at radius 1 is 1.61 bits per heavy atom. The number of hydrogen-bond acceptors (Lipinski definition) is 4. The molecule has 1 aromatic rings. The topological polar surface area (TPSA) is 77.2 Å². The molecule has 5 nitrogen and oxygen atoms in total. The maximum Gasteiger partial charge on any atom is 0.270 e. The van der Waals surface area contributed by atoms with Crippen LogP contribution in [0.5, 0.6) is 0 Å². The largest absolute Gasteiger partial charge is 0.399 e. The van der Waals surface area contributed by atoms with Gasteiger partial charge in [0.25, 0.3) is 5.91 Å². The molecule has 0 aromatic carbocycles. The van der Waals surface area contributed by atoms with Crippen LogP contribution in [0, 0.1) is 0 Å². The summed E-state index contributed by atoms with van der Waals surface area (Å²) in [5, 5.41) is 2.98. The van der Waals surface area contributed by atoms with E-state index in [2.05, 4.69) is 10.3 Å². The lowest BCUT2D eigenvalue weighted by Gasteiger charge is -2.35. The molecule has 3 N–H and O–H groups in total. The standard InChI is InChI=1S/C13H19N3O2/c1-13(2)8-10(4-6-18-13)16-12(17)11-7-9(14)3-5-15-11/h3,5,7,10H,4,6,8H2,1-2H3,(H2,14,15)(H,16,17). The van der Waals surface area contributed by atoms with Crippen LogP contribution in [-0.2, 0) is 4.74 Å². The molecular formula is C13H19N3O2. The summed E-state index contributed by atoms with van der Waals surface area (Å²) in [4.78, 5) is 16.0. The lowest BCUT2D eigenvalue weighted by molar-refractivity contribution is -0.0615. The van der Waals surface area contributed by atoms with Gasteiger partial charge in [-0.1, -0.05) is 0 Å². The molecule has 0 saturated carbocycles. The highest BCUT2D eigenvalue weighted by atomic mass is 16.5. The average molecular weight is 249 g/mol. The zero-order valence-corrected chi connectivity index (χ0v) is 10.8. The second-order valence-corrected chi connectivity index (χ2v) is 5.25. The maximum atomic E-state index is 12.0. The van der Waals surface area contributed by atoms with E-state index >= 15 is 0 Å². The molecular weight excluding hydrogens is 230 g/mol. The van der Waals surface area contributed by atoms with E-state index in [1.165, 1.54) is 6.20 Å². The van der Waals surface area contributed by atoms with E-state index in [0.717, 1.165) is 12.8 Å². The van der Waals surface area contributed by atoms with Gasteiger partial charge < -0.3 is 15.8 Å². The van der Waals surface area contributed by atoms with Crippen molar-refractivity contribution in [2.75, 3.05) is 12.3 Å². The van der Waals surface area contributed by atoms with E-state index in [1.807, 2.05) is 13.8 Å². The Labute approximate surface area is 107 Å². The first-order chi connectivity index (χ1) is 8.46. The number of carbonyl (C=O) groups is 1. The molecule has 1 atom stereocenters. The van der Waals surface area contributed by atoms with E-state index < -0.39 is 0 Å². The van der Waals surface area contributed by atoms with E-state index in [9.17, 15) is 4.79 Å². The Morgan fingerprint density at radius 3 is 3.06 bits per heavy atom. The van der Waals surface area contributed by atoms with E-state index in [-0.39, 0.29) is 17.6 Å². The lowest BCUT2D eigenvalue weighted by atomic mass is 9.94. The summed E-state index contributed by atoms with van der Waals surface area (Å²) >= 11 is 0. The van der Waals surface area contributed by atoms with Crippen molar-refractivity contribution in [2.45, 2.75) is 38.3 Å². The van der Waals surface area contributed by atoms with E-state index in [1.54, 1.807) is 12.1 Å². The highest BCUT2D eigenvalue weighted by Gasteiger charge is 2.29. The maximum absolute atomic E-state index is 12.0. The summed E-state index contributed by atoms with van der Waals surface area (Å²) in [6.45, 7) is 4.73. The fourth-order valence-electron chi connectivity index (χ4n) is 2.19. The van der Waals surface area contributed by atoms with Gasteiger partial charge in [-0.25, -0.2) is 0 Å². The first kappa shape index (κ1) is 12.8. The summed E-state index contributed by atoms with van der Waals surface area (Å²) in [6, 6.07) is 3.37. The molecule has 1 unspecified atom stereocenters. The third-order valence-corrected chi connectivity index (χ3v) is 3.05. The van der Waals surface area contributed by atoms with Crippen molar-refractivity contribution in [1.29, 1.82) is 0 Å².